The first-order chi connectivity index (χ1) is 12.8. The molecule has 4 heteroatoms. The van der Waals surface area contributed by atoms with Gasteiger partial charge in [0, 0.05) is 17.2 Å². The molecular formula is C23H22N2O2. The Hall–Kier alpha value is -3.32. The number of carbonyl (C=O) groups excluding carboxylic acids is 1. The highest BCUT2D eigenvalue weighted by atomic mass is 16.6. The van der Waals surface area contributed by atoms with E-state index < -0.39 is 11.7 Å². The van der Waals surface area contributed by atoms with Gasteiger partial charge in [-0.1, -0.05) is 53.9 Å². The van der Waals surface area contributed by atoms with Crippen LogP contribution < -0.4 is 0 Å². The van der Waals surface area contributed by atoms with Crippen LogP contribution >= 0.6 is 0 Å². The largest absolute Gasteiger partial charge is 0.442 e. The summed E-state index contributed by atoms with van der Waals surface area (Å²) in [6, 6.07) is 19.4. The van der Waals surface area contributed by atoms with Crippen LogP contribution in [0.2, 0.25) is 0 Å². The fraction of sp³-hybridized carbons (Fsp3) is 0.217. The minimum Gasteiger partial charge on any atom is -0.442 e. The van der Waals surface area contributed by atoms with Crippen LogP contribution in [-0.4, -0.2) is 21.5 Å². The Morgan fingerprint density at radius 2 is 1.67 bits per heavy atom. The molecule has 0 aliphatic rings. The molecule has 0 amide bonds. The zero-order valence-corrected chi connectivity index (χ0v) is 16.0. The molecule has 0 spiro atoms. The molecule has 0 unspecified atom stereocenters. The van der Waals surface area contributed by atoms with Gasteiger partial charge in [-0.25, -0.2) is 4.79 Å². The van der Waals surface area contributed by atoms with E-state index in [4.69, 9.17) is 4.74 Å². The average Bonchev–Trinajstić information content (AvgIpc) is 3.05. The second-order valence-electron chi connectivity index (χ2n) is 7.29. The van der Waals surface area contributed by atoms with Crippen molar-refractivity contribution < 1.29 is 9.53 Å². The highest BCUT2D eigenvalue weighted by Gasteiger charge is 2.22. The van der Waals surface area contributed by atoms with Crippen LogP contribution in [0.15, 0.2) is 60.7 Å². The van der Waals surface area contributed by atoms with E-state index in [1.54, 1.807) is 6.07 Å². The number of hydrogen-bond acceptors (Lipinski definition) is 3. The maximum absolute atomic E-state index is 12.6. The van der Waals surface area contributed by atoms with E-state index in [0.717, 1.165) is 11.1 Å². The SMILES string of the molecule is Cc1ccc(C#Cc2cc(-c3ccccc3)n(C(=O)OC(C)(C)C)n2)cc1. The second-order valence-corrected chi connectivity index (χ2v) is 7.29. The molecule has 0 fully saturated rings. The van der Waals surface area contributed by atoms with Crippen LogP contribution in [0.3, 0.4) is 0 Å². The molecule has 0 saturated carbocycles. The molecule has 27 heavy (non-hydrogen) atoms. The number of hydrogen-bond donors (Lipinski definition) is 0. The molecule has 0 aliphatic heterocycles. The third-order valence-electron chi connectivity index (χ3n) is 3.73. The van der Waals surface area contributed by atoms with Crippen molar-refractivity contribution in [3.05, 3.63) is 77.5 Å². The lowest BCUT2D eigenvalue weighted by atomic mass is 10.1. The number of aryl methyl sites for hydroxylation is 1. The first kappa shape index (κ1) is 18.5. The molecule has 4 nitrogen and oxygen atoms in total. The van der Waals surface area contributed by atoms with Gasteiger partial charge in [-0.2, -0.15) is 9.78 Å². The fourth-order valence-corrected chi connectivity index (χ4v) is 2.47. The number of carbonyl (C=O) groups is 1. The van der Waals surface area contributed by atoms with Crippen molar-refractivity contribution >= 4 is 6.09 Å². The van der Waals surface area contributed by atoms with Crippen molar-refractivity contribution in [2.45, 2.75) is 33.3 Å². The number of rotatable bonds is 1. The van der Waals surface area contributed by atoms with Gasteiger partial charge < -0.3 is 4.74 Å². The van der Waals surface area contributed by atoms with Gasteiger partial charge in [-0.3, -0.25) is 0 Å². The minimum atomic E-state index is -0.606. The Bertz CT molecular complexity index is 999. The molecule has 2 aromatic carbocycles. The zero-order chi connectivity index (χ0) is 19.4. The van der Waals surface area contributed by atoms with E-state index in [9.17, 15) is 4.79 Å². The van der Waals surface area contributed by atoms with Crippen LogP contribution in [0.25, 0.3) is 11.3 Å². The van der Waals surface area contributed by atoms with Gasteiger partial charge in [-0.05, 0) is 45.7 Å². The third-order valence-corrected chi connectivity index (χ3v) is 3.73. The Morgan fingerprint density at radius 1 is 1.00 bits per heavy atom. The summed E-state index contributed by atoms with van der Waals surface area (Å²) in [6.07, 6.45) is -0.523. The zero-order valence-electron chi connectivity index (χ0n) is 16.0. The average molecular weight is 358 g/mol. The molecule has 1 heterocycles. The molecule has 0 atom stereocenters. The molecular weight excluding hydrogens is 336 g/mol. The molecule has 0 radical (unpaired) electrons. The second kappa shape index (κ2) is 7.51. The van der Waals surface area contributed by atoms with Gasteiger partial charge in [0.05, 0.1) is 5.69 Å². The molecule has 1 aromatic heterocycles. The summed E-state index contributed by atoms with van der Waals surface area (Å²) in [5, 5.41) is 4.37. The monoisotopic (exact) mass is 358 g/mol. The highest BCUT2D eigenvalue weighted by molar-refractivity contribution is 5.78. The first-order valence-electron chi connectivity index (χ1n) is 8.79. The van der Waals surface area contributed by atoms with E-state index in [0.29, 0.717) is 11.4 Å². The van der Waals surface area contributed by atoms with Gasteiger partial charge in [0.1, 0.15) is 11.3 Å². The predicted octanol–water partition coefficient (Wildman–Crippen LogP) is 5.04. The predicted molar refractivity (Wildman–Crippen MR) is 106 cm³/mol. The van der Waals surface area contributed by atoms with E-state index >= 15 is 0 Å². The smallest absolute Gasteiger partial charge is 0.435 e. The number of ether oxygens (including phenoxy) is 1. The summed E-state index contributed by atoms with van der Waals surface area (Å²) < 4.78 is 6.77. The van der Waals surface area contributed by atoms with Crippen LogP contribution in [0, 0.1) is 18.8 Å². The standard InChI is InChI=1S/C23H22N2O2/c1-17-10-12-18(13-11-17)14-15-20-16-21(19-8-6-5-7-9-19)25(24-20)22(26)27-23(2,3)4/h5-13,16H,1-4H3. The molecule has 0 N–H and O–H groups in total. The van der Waals surface area contributed by atoms with Crippen molar-refractivity contribution in [3.63, 3.8) is 0 Å². The minimum absolute atomic E-state index is 0.514. The topological polar surface area (TPSA) is 44.1 Å². The maximum atomic E-state index is 12.6. The summed E-state index contributed by atoms with van der Waals surface area (Å²) in [5.74, 6) is 6.13. The third kappa shape index (κ3) is 4.86. The van der Waals surface area contributed by atoms with Crippen LogP contribution in [0.5, 0.6) is 0 Å². The highest BCUT2D eigenvalue weighted by Crippen LogP contribution is 2.21. The first-order valence-corrected chi connectivity index (χ1v) is 8.79. The molecule has 136 valence electrons. The lowest BCUT2D eigenvalue weighted by Gasteiger charge is -2.19. The van der Waals surface area contributed by atoms with Crippen molar-refractivity contribution in [2.24, 2.45) is 0 Å². The van der Waals surface area contributed by atoms with Gasteiger partial charge in [0.15, 0.2) is 0 Å². The van der Waals surface area contributed by atoms with Crippen molar-refractivity contribution in [1.82, 2.24) is 9.78 Å². The quantitative estimate of drug-likeness (QED) is 0.572. The lowest BCUT2D eigenvalue weighted by molar-refractivity contribution is 0.0517. The van der Waals surface area contributed by atoms with Crippen LogP contribution in [-0.2, 0) is 4.74 Å². The van der Waals surface area contributed by atoms with Crippen LogP contribution in [0.1, 0.15) is 37.6 Å². The van der Waals surface area contributed by atoms with Crippen molar-refractivity contribution in [2.75, 3.05) is 0 Å². The summed E-state index contributed by atoms with van der Waals surface area (Å²) in [5.41, 5.74) is 3.51. The van der Waals surface area contributed by atoms with Crippen LogP contribution in [0.4, 0.5) is 4.79 Å². The molecule has 0 saturated heterocycles. The Balaban J connectivity index is 1.99. The number of benzene rings is 2. The van der Waals surface area contributed by atoms with Crippen molar-refractivity contribution in [1.29, 1.82) is 0 Å². The Labute approximate surface area is 159 Å². The summed E-state index contributed by atoms with van der Waals surface area (Å²) >= 11 is 0. The number of nitrogens with zero attached hydrogens (tertiary/aromatic N) is 2. The van der Waals surface area contributed by atoms with Gasteiger partial charge in [0.2, 0.25) is 0 Å². The van der Waals surface area contributed by atoms with E-state index in [1.807, 2.05) is 82.3 Å². The normalized spacial score (nSPS) is 10.8. The van der Waals surface area contributed by atoms with Gasteiger partial charge in [0.25, 0.3) is 0 Å². The molecule has 3 rings (SSSR count). The van der Waals surface area contributed by atoms with Crippen molar-refractivity contribution in [3.8, 4) is 23.1 Å². The Morgan fingerprint density at radius 3 is 2.30 bits per heavy atom. The lowest BCUT2D eigenvalue weighted by Crippen LogP contribution is -2.28. The maximum Gasteiger partial charge on any atom is 0.435 e. The molecule has 3 aromatic rings. The Kier molecular flexibility index (Phi) is 5.14. The molecule has 0 aliphatic carbocycles. The summed E-state index contributed by atoms with van der Waals surface area (Å²) in [6.45, 7) is 7.52. The molecule has 0 bridgehead atoms. The summed E-state index contributed by atoms with van der Waals surface area (Å²) in [4.78, 5) is 12.6. The fourth-order valence-electron chi connectivity index (χ4n) is 2.47. The summed E-state index contributed by atoms with van der Waals surface area (Å²) in [7, 11) is 0. The van der Waals surface area contributed by atoms with E-state index in [2.05, 4.69) is 16.9 Å². The van der Waals surface area contributed by atoms with E-state index in [-0.39, 0.29) is 0 Å². The van der Waals surface area contributed by atoms with Gasteiger partial charge >= 0.3 is 6.09 Å². The van der Waals surface area contributed by atoms with Gasteiger partial charge in [-0.15, -0.1) is 0 Å². The number of aromatic nitrogens is 2. The van der Waals surface area contributed by atoms with E-state index in [1.165, 1.54) is 10.2 Å².